The fraction of sp³-hybridized carbons (Fsp3) is 0.385. The van der Waals surface area contributed by atoms with Crippen LogP contribution in [0.3, 0.4) is 0 Å². The number of aromatic nitrogens is 5. The van der Waals surface area contributed by atoms with Crippen molar-refractivity contribution in [2.45, 2.75) is 32.1 Å². The number of nitrogens with zero attached hydrogens (tertiary/aromatic N) is 5. The number of hydrogen-bond acceptors (Lipinski definition) is 5. The highest BCUT2D eigenvalue weighted by Crippen LogP contribution is 2.65. The second-order valence-corrected chi connectivity index (χ2v) is 9.59. The Balaban J connectivity index is 1.30. The van der Waals surface area contributed by atoms with Crippen molar-refractivity contribution >= 4 is 17.0 Å². The molecule has 1 saturated heterocycles. The molecule has 0 spiro atoms. The third-order valence-electron chi connectivity index (χ3n) is 8.14. The largest absolute Gasteiger partial charge is 0.355 e. The number of anilines is 1. The van der Waals surface area contributed by atoms with Crippen LogP contribution in [0.25, 0.3) is 22.4 Å². The maximum atomic E-state index is 14.7. The number of halogens is 1. The number of nitrogens with one attached hydrogen (secondary N) is 1. The average molecular weight is 459 g/mol. The van der Waals surface area contributed by atoms with Gasteiger partial charge in [0.15, 0.2) is 0 Å². The van der Waals surface area contributed by atoms with Crippen LogP contribution < -0.4 is 10.5 Å². The minimum absolute atomic E-state index is 0.0496. The molecular formula is C26H27FN6O. The van der Waals surface area contributed by atoms with Crippen LogP contribution in [0.4, 0.5) is 10.2 Å². The minimum atomic E-state index is -0.0957. The Morgan fingerprint density at radius 1 is 1.24 bits per heavy atom. The van der Waals surface area contributed by atoms with E-state index in [2.05, 4.69) is 27.0 Å². The number of aromatic amines is 1. The van der Waals surface area contributed by atoms with Gasteiger partial charge in [-0.05, 0) is 49.3 Å². The van der Waals surface area contributed by atoms with Gasteiger partial charge < -0.3 is 9.47 Å². The Kier molecular flexibility index (Phi) is 4.62. The number of hydrogen-bond donors (Lipinski definition) is 1. The van der Waals surface area contributed by atoms with Gasteiger partial charge in [0.05, 0.1) is 11.9 Å². The highest BCUT2D eigenvalue weighted by atomic mass is 19.1. The fourth-order valence-corrected chi connectivity index (χ4v) is 6.29. The Morgan fingerprint density at radius 3 is 2.85 bits per heavy atom. The van der Waals surface area contributed by atoms with Gasteiger partial charge in [0.25, 0.3) is 5.56 Å². The number of H-pyrrole nitrogens is 1. The van der Waals surface area contributed by atoms with Gasteiger partial charge in [0.2, 0.25) is 5.65 Å². The third-order valence-corrected chi connectivity index (χ3v) is 8.14. The molecule has 2 fully saturated rings. The number of piperidine rings is 1. The summed E-state index contributed by atoms with van der Waals surface area (Å²) in [5, 5.41) is 7.42. The van der Waals surface area contributed by atoms with Crippen molar-refractivity contribution in [1.82, 2.24) is 24.7 Å². The molecule has 1 saturated carbocycles. The predicted octanol–water partition coefficient (Wildman–Crippen LogP) is 3.97. The minimum Gasteiger partial charge on any atom is -0.355 e. The van der Waals surface area contributed by atoms with Gasteiger partial charge in [0.1, 0.15) is 17.2 Å². The first-order valence-corrected chi connectivity index (χ1v) is 11.8. The van der Waals surface area contributed by atoms with Crippen LogP contribution in [0.15, 0.2) is 47.5 Å². The quantitative estimate of drug-likeness (QED) is 0.501. The summed E-state index contributed by atoms with van der Waals surface area (Å²) in [6.45, 7) is 5.67. The molecule has 174 valence electrons. The highest BCUT2D eigenvalue weighted by Gasteiger charge is 2.65. The monoisotopic (exact) mass is 458 g/mol. The number of rotatable bonds is 4. The maximum absolute atomic E-state index is 14.7. The fourth-order valence-electron chi connectivity index (χ4n) is 6.29. The summed E-state index contributed by atoms with van der Waals surface area (Å²) in [6, 6.07) is 9.13. The lowest BCUT2D eigenvalue weighted by Gasteiger charge is -2.26. The van der Waals surface area contributed by atoms with E-state index in [4.69, 9.17) is 4.98 Å². The molecule has 3 atom stereocenters. The van der Waals surface area contributed by atoms with Crippen molar-refractivity contribution in [3.05, 3.63) is 70.0 Å². The zero-order chi connectivity index (χ0) is 23.6. The second kappa shape index (κ2) is 7.48. The number of fused-ring (bicyclic) bond motifs is 2. The van der Waals surface area contributed by atoms with Crippen LogP contribution >= 0.6 is 0 Å². The lowest BCUT2D eigenvalue weighted by atomic mass is 9.88. The summed E-state index contributed by atoms with van der Waals surface area (Å²) in [5.74, 6) is 1.60. The zero-order valence-corrected chi connectivity index (χ0v) is 19.5. The Labute approximate surface area is 196 Å². The van der Waals surface area contributed by atoms with Crippen molar-refractivity contribution in [1.29, 1.82) is 0 Å². The topological polar surface area (TPSA) is 79.7 Å². The summed E-state index contributed by atoms with van der Waals surface area (Å²) in [7, 11) is 1.73. The van der Waals surface area contributed by atoms with E-state index in [0.717, 1.165) is 42.9 Å². The summed E-state index contributed by atoms with van der Waals surface area (Å²) >= 11 is 0. The van der Waals surface area contributed by atoms with Crippen molar-refractivity contribution in [2.24, 2.45) is 18.9 Å². The molecule has 6 rings (SSSR count). The number of aryl methyl sites for hydroxylation is 1. The summed E-state index contributed by atoms with van der Waals surface area (Å²) < 4.78 is 16.3. The van der Waals surface area contributed by atoms with Gasteiger partial charge in [-0.25, -0.2) is 14.4 Å². The van der Waals surface area contributed by atoms with Crippen LogP contribution in [0.5, 0.6) is 0 Å². The van der Waals surface area contributed by atoms with Crippen LogP contribution in [-0.4, -0.2) is 37.8 Å². The van der Waals surface area contributed by atoms with Crippen LogP contribution in [0.2, 0.25) is 0 Å². The van der Waals surface area contributed by atoms with E-state index in [1.807, 2.05) is 25.1 Å². The van der Waals surface area contributed by atoms with Gasteiger partial charge in [0, 0.05) is 42.9 Å². The van der Waals surface area contributed by atoms with Crippen molar-refractivity contribution in [2.75, 3.05) is 18.0 Å². The van der Waals surface area contributed by atoms with Gasteiger partial charge in [-0.1, -0.05) is 25.1 Å². The highest BCUT2D eigenvalue weighted by molar-refractivity contribution is 5.88. The molecule has 1 aromatic carbocycles. The molecule has 0 amide bonds. The normalized spacial score (nSPS) is 23.8. The summed E-state index contributed by atoms with van der Waals surface area (Å²) in [6.07, 6.45) is 5.47. The van der Waals surface area contributed by atoms with Crippen molar-refractivity contribution < 1.29 is 4.39 Å². The molecule has 0 unspecified atom stereocenters. The molecule has 3 aromatic heterocycles. The van der Waals surface area contributed by atoms with Crippen LogP contribution in [0, 0.1) is 24.6 Å². The molecule has 2 aliphatic rings. The molecular weight excluding hydrogens is 431 g/mol. The first-order chi connectivity index (χ1) is 16.5. The summed E-state index contributed by atoms with van der Waals surface area (Å²) in [4.78, 5) is 24.1. The van der Waals surface area contributed by atoms with E-state index in [0.29, 0.717) is 34.3 Å². The molecule has 4 heterocycles. The molecule has 8 heteroatoms. The Bertz CT molecular complexity index is 1480. The molecule has 0 radical (unpaired) electrons. The van der Waals surface area contributed by atoms with E-state index >= 15 is 0 Å². The molecule has 0 bridgehead atoms. The van der Waals surface area contributed by atoms with E-state index in [1.165, 1.54) is 0 Å². The van der Waals surface area contributed by atoms with Gasteiger partial charge in [-0.2, -0.15) is 5.10 Å². The molecule has 1 aliphatic heterocycles. The van der Waals surface area contributed by atoms with Crippen LogP contribution in [0.1, 0.15) is 30.9 Å². The first kappa shape index (κ1) is 21.0. The summed E-state index contributed by atoms with van der Waals surface area (Å²) in [5.41, 5.74) is 4.02. The molecule has 7 nitrogen and oxygen atoms in total. The van der Waals surface area contributed by atoms with Crippen molar-refractivity contribution in [3.63, 3.8) is 0 Å². The SMILES string of the molecule is CC[C@]1(c2ccccc2F)[C@@H]2CCN(c3cnc4c(-c5ccn(C)c(=O)c5C)[nH]nc4n3)C[C@@H]21. The van der Waals surface area contributed by atoms with E-state index < -0.39 is 0 Å². The number of pyridine rings is 1. The molecule has 1 N–H and O–H groups in total. The molecule has 4 aromatic rings. The molecule has 34 heavy (non-hydrogen) atoms. The maximum Gasteiger partial charge on any atom is 0.253 e. The standard InChI is InChI=1S/C26H27FN6O/c1-4-26(18-7-5-6-8-20(18)27)17-10-12-33(14-19(17)26)21-13-28-23-22(30-31-24(23)29-21)16-9-11-32(3)25(34)15(16)2/h5-9,11,13,17,19H,4,10,12,14H2,1-3H3,(H,29,30,31)/t17-,19+,26-/m1/s1. The Hall–Kier alpha value is -3.55. The smallest absolute Gasteiger partial charge is 0.253 e. The van der Waals surface area contributed by atoms with E-state index in [1.54, 1.807) is 36.1 Å². The lowest BCUT2D eigenvalue weighted by Crippen LogP contribution is -2.32. The van der Waals surface area contributed by atoms with Gasteiger partial charge >= 0.3 is 0 Å². The molecule has 1 aliphatic carbocycles. The zero-order valence-electron chi connectivity index (χ0n) is 19.5. The number of benzene rings is 1. The second-order valence-electron chi connectivity index (χ2n) is 9.59. The first-order valence-electron chi connectivity index (χ1n) is 11.8. The van der Waals surface area contributed by atoms with E-state index in [-0.39, 0.29) is 16.8 Å². The lowest BCUT2D eigenvalue weighted by molar-refractivity contribution is 0.516. The predicted molar refractivity (Wildman–Crippen MR) is 129 cm³/mol. The van der Waals surface area contributed by atoms with Gasteiger partial charge in [-0.15, -0.1) is 0 Å². The van der Waals surface area contributed by atoms with Crippen LogP contribution in [-0.2, 0) is 12.5 Å². The van der Waals surface area contributed by atoms with Gasteiger partial charge in [-0.3, -0.25) is 9.89 Å². The third kappa shape index (κ3) is 2.87. The van der Waals surface area contributed by atoms with Crippen molar-refractivity contribution in [3.8, 4) is 11.3 Å². The average Bonchev–Trinajstić information content (AvgIpc) is 3.32. The van der Waals surface area contributed by atoms with E-state index in [9.17, 15) is 9.18 Å². The Morgan fingerprint density at radius 2 is 2.06 bits per heavy atom.